The normalized spacial score (nSPS) is 11.6. The van der Waals surface area contributed by atoms with E-state index in [4.69, 9.17) is 11.6 Å². The summed E-state index contributed by atoms with van der Waals surface area (Å²) in [6, 6.07) is 19.2. The van der Waals surface area contributed by atoms with Crippen LogP contribution >= 0.6 is 11.6 Å². The number of benzene rings is 2. The highest BCUT2D eigenvalue weighted by Gasteiger charge is 2.12. The first-order chi connectivity index (χ1) is 18.8. The highest BCUT2D eigenvalue weighted by atomic mass is 35.5. The van der Waals surface area contributed by atoms with Crippen LogP contribution in [0.15, 0.2) is 85.6 Å². The molecular formula is C27H21ClN8O2S. The maximum atomic E-state index is 11.7. The zero-order valence-electron chi connectivity index (χ0n) is 20.6. The van der Waals surface area contributed by atoms with Crippen LogP contribution < -0.4 is 10.0 Å². The molecule has 10 nitrogen and oxygen atoms in total. The standard InChI is InChI=1S/C27H21ClN8O2S/c1-39(37,38)35-24-12-18(13-30-26(24)28)17-5-7-23-22(11-17)27(32-16-31-23)34-20-6-8-25-19(10-20)14-33-36(25)15-21-4-2-3-9-29-21/h2-14,16,35H,15H2,1H3,(H,31,32,34). The second-order valence-corrected chi connectivity index (χ2v) is 11.0. The minimum atomic E-state index is -3.52. The number of nitrogens with zero attached hydrogens (tertiary/aromatic N) is 6. The first kappa shape index (κ1) is 24.7. The van der Waals surface area contributed by atoms with E-state index in [1.165, 1.54) is 6.33 Å². The number of aromatic nitrogens is 6. The van der Waals surface area contributed by atoms with E-state index in [1.54, 1.807) is 18.5 Å². The van der Waals surface area contributed by atoms with Crippen LogP contribution in [0.5, 0.6) is 0 Å². The Morgan fingerprint density at radius 2 is 1.82 bits per heavy atom. The number of fused-ring (bicyclic) bond motifs is 2. The van der Waals surface area contributed by atoms with Crippen molar-refractivity contribution in [2.45, 2.75) is 6.54 Å². The number of anilines is 3. The largest absolute Gasteiger partial charge is 0.340 e. The van der Waals surface area contributed by atoms with Gasteiger partial charge in [0.1, 0.15) is 12.1 Å². The number of halogens is 1. The zero-order valence-corrected chi connectivity index (χ0v) is 22.1. The molecule has 0 fully saturated rings. The fourth-order valence-corrected chi connectivity index (χ4v) is 5.05. The van der Waals surface area contributed by atoms with Crippen LogP contribution in [0.2, 0.25) is 5.15 Å². The highest BCUT2D eigenvalue weighted by molar-refractivity contribution is 7.92. The first-order valence-electron chi connectivity index (χ1n) is 11.8. The summed E-state index contributed by atoms with van der Waals surface area (Å²) in [5.74, 6) is 0.624. The van der Waals surface area contributed by atoms with Crippen LogP contribution in [-0.2, 0) is 16.6 Å². The lowest BCUT2D eigenvalue weighted by Crippen LogP contribution is -2.10. The fourth-order valence-electron chi connectivity index (χ4n) is 4.29. The van der Waals surface area contributed by atoms with Gasteiger partial charge in [0.2, 0.25) is 10.0 Å². The topological polar surface area (TPSA) is 128 Å². The Hall–Kier alpha value is -4.61. The average Bonchev–Trinajstić information content (AvgIpc) is 3.31. The molecule has 0 atom stereocenters. The van der Waals surface area contributed by atoms with Gasteiger partial charge in [0.25, 0.3) is 0 Å². The van der Waals surface area contributed by atoms with Gasteiger partial charge in [-0.05, 0) is 54.1 Å². The van der Waals surface area contributed by atoms with Gasteiger partial charge in [0.15, 0.2) is 5.15 Å². The fraction of sp³-hybridized carbons (Fsp3) is 0.0741. The molecule has 39 heavy (non-hydrogen) atoms. The molecule has 0 bridgehead atoms. The van der Waals surface area contributed by atoms with E-state index in [0.29, 0.717) is 17.9 Å². The van der Waals surface area contributed by atoms with Gasteiger partial charge in [-0.2, -0.15) is 5.10 Å². The first-order valence-corrected chi connectivity index (χ1v) is 14.1. The Morgan fingerprint density at radius 3 is 2.64 bits per heavy atom. The van der Waals surface area contributed by atoms with Gasteiger partial charge in [-0.15, -0.1) is 0 Å². The zero-order chi connectivity index (χ0) is 27.0. The molecule has 0 unspecified atom stereocenters. The summed E-state index contributed by atoms with van der Waals surface area (Å²) in [7, 11) is -3.52. The summed E-state index contributed by atoms with van der Waals surface area (Å²) < 4.78 is 27.8. The van der Waals surface area contributed by atoms with Crippen LogP contribution in [-0.4, -0.2) is 44.4 Å². The van der Waals surface area contributed by atoms with Crippen LogP contribution in [0.4, 0.5) is 17.2 Å². The van der Waals surface area contributed by atoms with E-state index in [9.17, 15) is 8.42 Å². The summed E-state index contributed by atoms with van der Waals surface area (Å²) in [4.78, 5) is 17.4. The van der Waals surface area contributed by atoms with Crippen molar-refractivity contribution in [1.82, 2.24) is 29.7 Å². The minimum absolute atomic E-state index is 0.0643. The third-order valence-corrected chi connectivity index (χ3v) is 6.94. The predicted octanol–water partition coefficient (Wildman–Crippen LogP) is 5.25. The Morgan fingerprint density at radius 1 is 0.923 bits per heavy atom. The van der Waals surface area contributed by atoms with Crippen molar-refractivity contribution in [2.24, 2.45) is 0 Å². The quantitative estimate of drug-likeness (QED) is 0.255. The Kier molecular flexibility index (Phi) is 6.29. The van der Waals surface area contributed by atoms with E-state index in [0.717, 1.165) is 45.0 Å². The summed E-state index contributed by atoms with van der Waals surface area (Å²) in [5.41, 5.74) is 5.21. The maximum Gasteiger partial charge on any atom is 0.229 e. The second kappa shape index (κ2) is 9.93. The number of hydrogen-bond acceptors (Lipinski definition) is 8. The van der Waals surface area contributed by atoms with Crippen molar-refractivity contribution in [2.75, 3.05) is 16.3 Å². The lowest BCUT2D eigenvalue weighted by Gasteiger charge is -2.11. The van der Waals surface area contributed by atoms with Gasteiger partial charge in [-0.25, -0.2) is 23.4 Å². The molecule has 0 radical (unpaired) electrons. The number of nitrogens with one attached hydrogen (secondary N) is 2. The second-order valence-electron chi connectivity index (χ2n) is 8.91. The molecule has 194 valence electrons. The molecule has 0 aliphatic heterocycles. The lowest BCUT2D eigenvalue weighted by molar-refractivity contribution is 0.607. The molecule has 4 heterocycles. The summed E-state index contributed by atoms with van der Waals surface area (Å²) >= 11 is 6.11. The Labute approximate surface area is 228 Å². The number of sulfonamides is 1. The Balaban J connectivity index is 1.32. The van der Waals surface area contributed by atoms with Crippen LogP contribution in [0.1, 0.15) is 5.69 Å². The summed E-state index contributed by atoms with van der Waals surface area (Å²) in [5, 5.41) is 9.76. The molecular weight excluding hydrogens is 536 g/mol. The van der Waals surface area contributed by atoms with Crippen molar-refractivity contribution in [1.29, 1.82) is 0 Å². The third-order valence-electron chi connectivity index (χ3n) is 6.05. The number of rotatable bonds is 7. The van der Waals surface area contributed by atoms with Gasteiger partial charge in [-0.1, -0.05) is 23.7 Å². The molecule has 0 saturated heterocycles. The number of pyridine rings is 2. The molecule has 6 rings (SSSR count). The molecule has 2 aromatic carbocycles. The van der Waals surface area contributed by atoms with Gasteiger partial charge >= 0.3 is 0 Å². The van der Waals surface area contributed by atoms with Gasteiger partial charge < -0.3 is 5.32 Å². The molecule has 0 aliphatic rings. The monoisotopic (exact) mass is 556 g/mol. The van der Waals surface area contributed by atoms with Gasteiger partial charge in [0, 0.05) is 34.4 Å². The van der Waals surface area contributed by atoms with Crippen LogP contribution in [0.25, 0.3) is 32.9 Å². The molecule has 6 aromatic rings. The SMILES string of the molecule is CS(=O)(=O)Nc1cc(-c2ccc3ncnc(Nc4ccc5c(cnn5Cc5ccccn5)c4)c3c2)cnc1Cl. The van der Waals surface area contributed by atoms with E-state index in [-0.39, 0.29) is 10.8 Å². The maximum absolute atomic E-state index is 11.7. The number of hydrogen-bond donors (Lipinski definition) is 2. The molecule has 0 saturated carbocycles. The highest BCUT2D eigenvalue weighted by Crippen LogP contribution is 2.32. The van der Waals surface area contributed by atoms with Crippen molar-refractivity contribution < 1.29 is 8.42 Å². The average molecular weight is 557 g/mol. The molecule has 2 N–H and O–H groups in total. The van der Waals surface area contributed by atoms with Gasteiger partial charge in [-0.3, -0.25) is 14.4 Å². The van der Waals surface area contributed by atoms with Crippen molar-refractivity contribution in [3.05, 3.63) is 96.4 Å². The van der Waals surface area contributed by atoms with E-state index < -0.39 is 10.0 Å². The van der Waals surface area contributed by atoms with Crippen molar-refractivity contribution in [3.63, 3.8) is 0 Å². The van der Waals surface area contributed by atoms with E-state index in [2.05, 4.69) is 35.1 Å². The van der Waals surface area contributed by atoms with Crippen molar-refractivity contribution in [3.8, 4) is 11.1 Å². The molecule has 0 aliphatic carbocycles. The molecule has 0 spiro atoms. The molecule has 4 aromatic heterocycles. The molecule has 0 amide bonds. The summed E-state index contributed by atoms with van der Waals surface area (Å²) in [6.45, 7) is 0.581. The lowest BCUT2D eigenvalue weighted by atomic mass is 10.0. The smallest absolute Gasteiger partial charge is 0.229 e. The van der Waals surface area contributed by atoms with Crippen molar-refractivity contribution >= 4 is 60.6 Å². The van der Waals surface area contributed by atoms with Gasteiger partial charge in [0.05, 0.1) is 41.4 Å². The minimum Gasteiger partial charge on any atom is -0.340 e. The van der Waals surface area contributed by atoms with Crippen LogP contribution in [0.3, 0.4) is 0 Å². The predicted molar refractivity (Wildman–Crippen MR) is 153 cm³/mol. The molecule has 12 heteroatoms. The van der Waals surface area contributed by atoms with E-state index in [1.807, 2.05) is 65.5 Å². The third kappa shape index (κ3) is 5.35. The van der Waals surface area contributed by atoms with Crippen LogP contribution in [0, 0.1) is 0 Å². The summed E-state index contributed by atoms with van der Waals surface area (Å²) in [6.07, 6.45) is 7.75. The Bertz CT molecular complexity index is 1940. The van der Waals surface area contributed by atoms with E-state index >= 15 is 0 Å².